The number of rotatable bonds is 6. The number of para-hydroxylation sites is 1. The number of nitrogens with zero attached hydrogens (tertiary/aromatic N) is 2. The number of carbonyl (C=O) groups excluding carboxylic acids is 2. The van der Waals surface area contributed by atoms with E-state index in [4.69, 9.17) is 4.74 Å². The summed E-state index contributed by atoms with van der Waals surface area (Å²) in [6.45, 7) is 0.941. The number of ether oxygens (including phenoxy) is 1. The number of thiophene rings is 1. The molecule has 0 N–H and O–H groups in total. The molecular formula is C26H28N2O3S. The van der Waals surface area contributed by atoms with Gasteiger partial charge in [-0.3, -0.25) is 9.59 Å². The van der Waals surface area contributed by atoms with Crippen LogP contribution < -0.4 is 4.74 Å². The Labute approximate surface area is 193 Å². The van der Waals surface area contributed by atoms with Crippen molar-refractivity contribution < 1.29 is 14.3 Å². The SMILES string of the molecule is COc1ccccc1C(=O)N1CCC(Cc2ccc(-c3ccsc3)cc2)(C(=O)N(C)C)C1. The minimum absolute atomic E-state index is 0.0646. The summed E-state index contributed by atoms with van der Waals surface area (Å²) in [4.78, 5) is 30.0. The maximum absolute atomic E-state index is 13.3. The fourth-order valence-corrected chi connectivity index (χ4v) is 5.21. The summed E-state index contributed by atoms with van der Waals surface area (Å²) in [7, 11) is 5.14. The molecule has 0 bridgehead atoms. The van der Waals surface area contributed by atoms with Crippen LogP contribution in [-0.2, 0) is 11.2 Å². The third-order valence-electron chi connectivity index (χ3n) is 6.19. The summed E-state index contributed by atoms with van der Waals surface area (Å²) >= 11 is 1.68. The summed E-state index contributed by atoms with van der Waals surface area (Å²) < 4.78 is 5.38. The maximum atomic E-state index is 13.3. The summed E-state index contributed by atoms with van der Waals surface area (Å²) in [5.41, 5.74) is 3.37. The second-order valence-electron chi connectivity index (χ2n) is 8.54. The van der Waals surface area contributed by atoms with E-state index in [1.54, 1.807) is 54.5 Å². The first-order chi connectivity index (χ1) is 15.4. The number of methoxy groups -OCH3 is 1. The smallest absolute Gasteiger partial charge is 0.257 e. The second kappa shape index (κ2) is 9.17. The molecule has 2 heterocycles. The van der Waals surface area contributed by atoms with Gasteiger partial charge in [-0.15, -0.1) is 0 Å². The molecule has 0 spiro atoms. The van der Waals surface area contributed by atoms with E-state index in [0.29, 0.717) is 37.2 Å². The van der Waals surface area contributed by atoms with Crippen LogP contribution in [0.15, 0.2) is 65.4 Å². The molecule has 1 atom stereocenters. The molecule has 1 aromatic heterocycles. The third-order valence-corrected chi connectivity index (χ3v) is 6.87. The minimum Gasteiger partial charge on any atom is -0.496 e. The van der Waals surface area contributed by atoms with E-state index in [-0.39, 0.29) is 11.8 Å². The van der Waals surface area contributed by atoms with Crippen LogP contribution in [-0.4, -0.2) is 55.9 Å². The van der Waals surface area contributed by atoms with Gasteiger partial charge in [0.2, 0.25) is 5.91 Å². The first-order valence-electron chi connectivity index (χ1n) is 10.7. The second-order valence-corrected chi connectivity index (χ2v) is 9.32. The predicted octanol–water partition coefficient (Wildman–Crippen LogP) is 4.59. The highest BCUT2D eigenvalue weighted by molar-refractivity contribution is 7.08. The molecule has 1 aliphatic rings. The highest BCUT2D eigenvalue weighted by atomic mass is 32.1. The quantitative estimate of drug-likeness (QED) is 0.554. The molecule has 166 valence electrons. The molecule has 5 nitrogen and oxygen atoms in total. The van der Waals surface area contributed by atoms with Crippen LogP contribution in [0.5, 0.6) is 5.75 Å². The molecule has 32 heavy (non-hydrogen) atoms. The molecule has 3 aromatic rings. The number of benzene rings is 2. The van der Waals surface area contributed by atoms with Crippen molar-refractivity contribution in [2.45, 2.75) is 12.8 Å². The number of likely N-dealkylation sites (tertiary alicyclic amines) is 1. The molecule has 4 rings (SSSR count). The van der Waals surface area contributed by atoms with Gasteiger partial charge >= 0.3 is 0 Å². The zero-order chi connectivity index (χ0) is 22.7. The van der Waals surface area contributed by atoms with Crippen molar-refractivity contribution in [3.8, 4) is 16.9 Å². The van der Waals surface area contributed by atoms with Gasteiger partial charge in [-0.25, -0.2) is 0 Å². The normalized spacial score (nSPS) is 17.9. The summed E-state index contributed by atoms with van der Waals surface area (Å²) in [6, 6.07) is 17.8. The zero-order valence-electron chi connectivity index (χ0n) is 18.7. The Morgan fingerprint density at radius 2 is 1.81 bits per heavy atom. The van der Waals surface area contributed by atoms with Gasteiger partial charge in [-0.1, -0.05) is 36.4 Å². The van der Waals surface area contributed by atoms with Gasteiger partial charge in [0.25, 0.3) is 5.91 Å². The van der Waals surface area contributed by atoms with Gasteiger partial charge in [0.15, 0.2) is 0 Å². The van der Waals surface area contributed by atoms with E-state index >= 15 is 0 Å². The van der Waals surface area contributed by atoms with E-state index < -0.39 is 5.41 Å². The van der Waals surface area contributed by atoms with Gasteiger partial charge < -0.3 is 14.5 Å². The van der Waals surface area contributed by atoms with Crippen molar-refractivity contribution in [1.82, 2.24) is 9.80 Å². The van der Waals surface area contributed by atoms with E-state index in [2.05, 4.69) is 41.1 Å². The molecule has 1 unspecified atom stereocenters. The van der Waals surface area contributed by atoms with Gasteiger partial charge in [0.1, 0.15) is 5.75 Å². The molecule has 1 fully saturated rings. The first kappa shape index (κ1) is 22.1. The van der Waals surface area contributed by atoms with E-state index in [1.165, 1.54) is 11.1 Å². The van der Waals surface area contributed by atoms with Crippen LogP contribution in [0.2, 0.25) is 0 Å². The Bertz CT molecular complexity index is 1090. The summed E-state index contributed by atoms with van der Waals surface area (Å²) in [6.07, 6.45) is 1.24. The molecule has 1 aliphatic heterocycles. The highest BCUT2D eigenvalue weighted by Crippen LogP contribution is 2.37. The number of hydrogen-bond donors (Lipinski definition) is 0. The van der Waals surface area contributed by atoms with E-state index in [0.717, 1.165) is 5.56 Å². The largest absolute Gasteiger partial charge is 0.496 e. The lowest BCUT2D eigenvalue weighted by Crippen LogP contribution is -2.44. The van der Waals surface area contributed by atoms with Crippen molar-refractivity contribution in [3.05, 3.63) is 76.5 Å². The van der Waals surface area contributed by atoms with E-state index in [1.807, 2.05) is 12.1 Å². The van der Waals surface area contributed by atoms with Gasteiger partial charge in [0.05, 0.1) is 18.1 Å². The predicted molar refractivity (Wildman–Crippen MR) is 128 cm³/mol. The standard InChI is InChI=1S/C26H28N2O3S/c1-27(2)25(30)26(16-19-8-10-20(11-9-19)21-12-15-32-17-21)13-14-28(18-26)24(29)22-6-4-5-7-23(22)31-3/h4-12,15,17H,13-14,16,18H2,1-3H3. The Morgan fingerprint density at radius 3 is 2.47 bits per heavy atom. The Kier molecular flexibility index (Phi) is 6.33. The van der Waals surface area contributed by atoms with Crippen molar-refractivity contribution >= 4 is 23.2 Å². The Hall–Kier alpha value is -3.12. The molecular weight excluding hydrogens is 420 g/mol. The Balaban J connectivity index is 1.58. The lowest BCUT2D eigenvalue weighted by molar-refractivity contribution is -0.138. The van der Waals surface area contributed by atoms with Crippen LogP contribution >= 0.6 is 11.3 Å². The fraction of sp³-hybridized carbons (Fsp3) is 0.308. The molecule has 0 aliphatic carbocycles. The van der Waals surface area contributed by atoms with Crippen LogP contribution in [0.25, 0.3) is 11.1 Å². The van der Waals surface area contributed by atoms with Crippen LogP contribution in [0.1, 0.15) is 22.3 Å². The van der Waals surface area contributed by atoms with Crippen molar-refractivity contribution in [1.29, 1.82) is 0 Å². The maximum Gasteiger partial charge on any atom is 0.257 e. The molecule has 2 aromatic carbocycles. The van der Waals surface area contributed by atoms with Crippen molar-refractivity contribution in [2.75, 3.05) is 34.3 Å². The minimum atomic E-state index is -0.634. The van der Waals surface area contributed by atoms with Gasteiger partial charge in [0, 0.05) is 27.2 Å². The lowest BCUT2D eigenvalue weighted by Gasteiger charge is -2.31. The fourth-order valence-electron chi connectivity index (χ4n) is 4.54. The molecule has 6 heteroatoms. The molecule has 1 saturated heterocycles. The topological polar surface area (TPSA) is 49.9 Å². The molecule has 0 radical (unpaired) electrons. The van der Waals surface area contributed by atoms with E-state index in [9.17, 15) is 9.59 Å². The van der Waals surface area contributed by atoms with Crippen molar-refractivity contribution in [2.24, 2.45) is 5.41 Å². The number of carbonyl (C=O) groups is 2. The van der Waals surface area contributed by atoms with Crippen LogP contribution in [0, 0.1) is 5.41 Å². The molecule has 2 amide bonds. The lowest BCUT2D eigenvalue weighted by atomic mass is 9.79. The third kappa shape index (κ3) is 4.28. The van der Waals surface area contributed by atoms with Crippen molar-refractivity contribution in [3.63, 3.8) is 0 Å². The van der Waals surface area contributed by atoms with Crippen LogP contribution in [0.4, 0.5) is 0 Å². The zero-order valence-corrected chi connectivity index (χ0v) is 19.5. The van der Waals surface area contributed by atoms with Crippen LogP contribution in [0.3, 0.4) is 0 Å². The van der Waals surface area contributed by atoms with Gasteiger partial charge in [-0.2, -0.15) is 11.3 Å². The number of hydrogen-bond acceptors (Lipinski definition) is 4. The summed E-state index contributed by atoms with van der Waals surface area (Å²) in [5, 5.41) is 4.20. The molecule has 0 saturated carbocycles. The van der Waals surface area contributed by atoms with Gasteiger partial charge in [-0.05, 0) is 58.5 Å². The monoisotopic (exact) mass is 448 g/mol. The average Bonchev–Trinajstić information content (AvgIpc) is 3.50. The average molecular weight is 449 g/mol. The highest BCUT2D eigenvalue weighted by Gasteiger charge is 2.47. The Morgan fingerprint density at radius 1 is 1.06 bits per heavy atom. The number of amides is 2. The summed E-state index contributed by atoms with van der Waals surface area (Å²) in [5.74, 6) is 0.524. The first-order valence-corrected chi connectivity index (χ1v) is 11.6.